The van der Waals surface area contributed by atoms with Gasteiger partial charge in [0, 0.05) is 64.6 Å². The lowest BCUT2D eigenvalue weighted by Gasteiger charge is -2.27. The van der Waals surface area contributed by atoms with E-state index in [2.05, 4.69) is 4.90 Å². The van der Waals surface area contributed by atoms with E-state index in [9.17, 15) is 14.0 Å². The number of amides is 2. The van der Waals surface area contributed by atoms with E-state index < -0.39 is 0 Å². The molecule has 1 unspecified atom stereocenters. The van der Waals surface area contributed by atoms with Crippen LogP contribution in [0.5, 0.6) is 0 Å². The number of hydrogen-bond acceptors (Lipinski definition) is 4. The van der Waals surface area contributed by atoms with Crippen molar-refractivity contribution in [3.05, 3.63) is 65.5 Å². The van der Waals surface area contributed by atoms with Gasteiger partial charge in [-0.25, -0.2) is 4.39 Å². The second-order valence-electron chi connectivity index (χ2n) is 8.82. The Balaban J connectivity index is 1.36. The minimum absolute atomic E-state index is 0.0474. The largest absolute Gasteiger partial charge is 0.378 e. The topological polar surface area (TPSA) is 47.1 Å². The van der Waals surface area contributed by atoms with E-state index >= 15 is 0 Å². The quantitative estimate of drug-likeness (QED) is 0.720. The predicted molar refractivity (Wildman–Crippen MR) is 123 cm³/mol. The van der Waals surface area contributed by atoms with E-state index in [1.54, 1.807) is 12.1 Å². The van der Waals surface area contributed by atoms with Crippen molar-refractivity contribution in [2.75, 3.05) is 51.7 Å². The van der Waals surface area contributed by atoms with Crippen molar-refractivity contribution < 1.29 is 14.0 Å². The highest BCUT2D eigenvalue weighted by Gasteiger charge is 2.36. The van der Waals surface area contributed by atoms with Crippen molar-refractivity contribution in [1.29, 1.82) is 0 Å². The molecule has 2 aliphatic rings. The van der Waals surface area contributed by atoms with Gasteiger partial charge in [0.1, 0.15) is 5.82 Å². The van der Waals surface area contributed by atoms with Crippen molar-refractivity contribution in [2.24, 2.45) is 0 Å². The van der Waals surface area contributed by atoms with E-state index in [1.807, 2.05) is 53.1 Å². The fraction of sp³-hybridized carbons (Fsp3) is 0.440. The number of carbonyl (C=O) groups is 2. The Kier molecular flexibility index (Phi) is 6.74. The molecule has 0 aliphatic carbocycles. The Morgan fingerprint density at radius 3 is 2.56 bits per heavy atom. The predicted octanol–water partition coefficient (Wildman–Crippen LogP) is 2.84. The molecule has 1 atom stereocenters. The molecule has 0 bridgehead atoms. The molecule has 32 heavy (non-hydrogen) atoms. The van der Waals surface area contributed by atoms with Crippen LogP contribution in [0.3, 0.4) is 0 Å². The van der Waals surface area contributed by atoms with Gasteiger partial charge < -0.3 is 14.7 Å². The van der Waals surface area contributed by atoms with E-state index in [0.717, 1.165) is 30.6 Å². The summed E-state index contributed by atoms with van der Waals surface area (Å²) < 4.78 is 13.2. The van der Waals surface area contributed by atoms with Crippen molar-refractivity contribution in [2.45, 2.75) is 25.4 Å². The highest BCUT2D eigenvalue weighted by molar-refractivity contribution is 5.95. The highest BCUT2D eigenvalue weighted by atomic mass is 19.1. The molecule has 0 radical (unpaired) electrons. The van der Waals surface area contributed by atoms with Crippen LogP contribution in [0.25, 0.3) is 0 Å². The molecule has 0 spiro atoms. The molecule has 6 nitrogen and oxygen atoms in total. The minimum atomic E-state index is -0.267. The van der Waals surface area contributed by atoms with Gasteiger partial charge in [0.2, 0.25) is 5.91 Å². The number of anilines is 1. The second kappa shape index (κ2) is 9.69. The average Bonchev–Trinajstić information content (AvgIpc) is 2.99. The Morgan fingerprint density at radius 1 is 1.03 bits per heavy atom. The maximum atomic E-state index is 13.2. The lowest BCUT2D eigenvalue weighted by molar-refractivity contribution is -0.132. The van der Waals surface area contributed by atoms with Gasteiger partial charge in [-0.1, -0.05) is 18.2 Å². The van der Waals surface area contributed by atoms with Crippen molar-refractivity contribution >= 4 is 17.5 Å². The molecule has 0 aromatic heterocycles. The van der Waals surface area contributed by atoms with Gasteiger partial charge in [-0.05, 0) is 48.7 Å². The first-order chi connectivity index (χ1) is 15.4. The summed E-state index contributed by atoms with van der Waals surface area (Å²) in [6, 6.07) is 13.9. The lowest BCUT2D eigenvalue weighted by Crippen LogP contribution is -2.44. The van der Waals surface area contributed by atoms with Crippen LogP contribution in [-0.2, 0) is 11.3 Å². The standard InChI is InChI=1S/C25H31FN4O2/c1-27(2)22-6-3-5-20(17-22)24(31)29-13-4-12-28(15-16-29)23-11-14-30(25(23)32)18-19-7-9-21(26)10-8-19/h3,5-10,17,23H,4,11-16,18H2,1-2H3. The minimum Gasteiger partial charge on any atom is -0.378 e. The first-order valence-electron chi connectivity index (χ1n) is 11.3. The summed E-state index contributed by atoms with van der Waals surface area (Å²) in [7, 11) is 3.93. The summed E-state index contributed by atoms with van der Waals surface area (Å²) in [6.45, 7) is 4.03. The molecular formula is C25H31FN4O2. The number of benzene rings is 2. The molecule has 4 rings (SSSR count). The molecule has 7 heteroatoms. The molecule has 170 valence electrons. The van der Waals surface area contributed by atoms with Crippen LogP contribution in [0.1, 0.15) is 28.8 Å². The first-order valence-corrected chi connectivity index (χ1v) is 11.3. The fourth-order valence-corrected chi connectivity index (χ4v) is 4.58. The van der Waals surface area contributed by atoms with Crippen LogP contribution in [0, 0.1) is 5.82 Å². The third-order valence-corrected chi connectivity index (χ3v) is 6.42. The van der Waals surface area contributed by atoms with E-state index in [1.165, 1.54) is 12.1 Å². The molecule has 0 N–H and O–H groups in total. The number of rotatable bonds is 5. The molecule has 2 aromatic carbocycles. The normalized spacial score (nSPS) is 19.8. The van der Waals surface area contributed by atoms with Crippen LogP contribution >= 0.6 is 0 Å². The van der Waals surface area contributed by atoms with E-state index in [-0.39, 0.29) is 23.7 Å². The summed E-state index contributed by atoms with van der Waals surface area (Å²) in [6.07, 6.45) is 1.64. The van der Waals surface area contributed by atoms with E-state index in [4.69, 9.17) is 0 Å². The molecule has 2 fully saturated rings. The van der Waals surface area contributed by atoms with Gasteiger partial charge in [0.05, 0.1) is 6.04 Å². The van der Waals surface area contributed by atoms with Crippen LogP contribution in [0.2, 0.25) is 0 Å². The zero-order valence-corrected chi connectivity index (χ0v) is 18.8. The summed E-state index contributed by atoms with van der Waals surface area (Å²) in [4.78, 5) is 34.1. The Labute approximate surface area is 189 Å². The smallest absolute Gasteiger partial charge is 0.253 e. The number of carbonyl (C=O) groups excluding carboxylic acids is 2. The van der Waals surface area contributed by atoms with Gasteiger partial charge in [-0.3, -0.25) is 14.5 Å². The third-order valence-electron chi connectivity index (χ3n) is 6.42. The van der Waals surface area contributed by atoms with Crippen LogP contribution < -0.4 is 4.90 Å². The first kappa shape index (κ1) is 22.3. The second-order valence-corrected chi connectivity index (χ2v) is 8.82. The summed E-state index contributed by atoms with van der Waals surface area (Å²) in [5, 5.41) is 0. The average molecular weight is 439 g/mol. The summed E-state index contributed by atoms with van der Waals surface area (Å²) in [5.74, 6) is -0.0875. The van der Waals surface area contributed by atoms with Gasteiger partial charge in [-0.2, -0.15) is 0 Å². The van der Waals surface area contributed by atoms with Crippen LogP contribution in [-0.4, -0.2) is 79.4 Å². The Hall–Kier alpha value is -2.93. The molecule has 2 amide bonds. The van der Waals surface area contributed by atoms with Crippen molar-refractivity contribution in [3.63, 3.8) is 0 Å². The molecule has 2 heterocycles. The molecule has 0 saturated carbocycles. The lowest BCUT2D eigenvalue weighted by atomic mass is 10.1. The van der Waals surface area contributed by atoms with Crippen LogP contribution in [0.4, 0.5) is 10.1 Å². The van der Waals surface area contributed by atoms with Crippen molar-refractivity contribution in [1.82, 2.24) is 14.7 Å². The highest BCUT2D eigenvalue weighted by Crippen LogP contribution is 2.22. The van der Waals surface area contributed by atoms with Gasteiger partial charge in [-0.15, -0.1) is 0 Å². The zero-order valence-electron chi connectivity index (χ0n) is 18.8. The van der Waals surface area contributed by atoms with Crippen LogP contribution in [0.15, 0.2) is 48.5 Å². The summed E-state index contributed by atoms with van der Waals surface area (Å²) in [5.41, 5.74) is 2.64. The van der Waals surface area contributed by atoms with E-state index in [0.29, 0.717) is 38.3 Å². The molecule has 2 saturated heterocycles. The molecule has 2 aromatic rings. The van der Waals surface area contributed by atoms with Crippen molar-refractivity contribution in [3.8, 4) is 0 Å². The number of nitrogens with zero attached hydrogens (tertiary/aromatic N) is 4. The number of halogens is 1. The molecular weight excluding hydrogens is 407 g/mol. The van der Waals surface area contributed by atoms with Gasteiger partial charge >= 0.3 is 0 Å². The summed E-state index contributed by atoms with van der Waals surface area (Å²) >= 11 is 0. The monoisotopic (exact) mass is 438 g/mol. The van der Waals surface area contributed by atoms with Gasteiger partial charge in [0.25, 0.3) is 5.91 Å². The number of hydrogen-bond donors (Lipinski definition) is 0. The third kappa shape index (κ3) is 4.93. The Bertz CT molecular complexity index is 963. The SMILES string of the molecule is CN(C)c1cccc(C(=O)N2CCCN(C3CCN(Cc4ccc(F)cc4)C3=O)CC2)c1. The molecule has 2 aliphatic heterocycles. The maximum absolute atomic E-state index is 13.2. The fourth-order valence-electron chi connectivity index (χ4n) is 4.58. The zero-order chi connectivity index (χ0) is 22.7. The maximum Gasteiger partial charge on any atom is 0.253 e. The number of likely N-dealkylation sites (tertiary alicyclic amines) is 1. The Morgan fingerprint density at radius 2 is 1.81 bits per heavy atom. The van der Waals surface area contributed by atoms with Gasteiger partial charge in [0.15, 0.2) is 0 Å².